The van der Waals surface area contributed by atoms with E-state index in [4.69, 9.17) is 0 Å². The summed E-state index contributed by atoms with van der Waals surface area (Å²) in [6, 6.07) is 7.30. The number of nitrogens with one attached hydrogen (secondary N) is 2. The van der Waals surface area contributed by atoms with Crippen molar-refractivity contribution < 1.29 is 4.79 Å². The van der Waals surface area contributed by atoms with Gasteiger partial charge in [0.1, 0.15) is 0 Å². The molecule has 0 aromatic heterocycles. The van der Waals surface area contributed by atoms with E-state index in [2.05, 4.69) is 42.7 Å². The molecule has 0 aliphatic carbocycles. The normalized spacial score (nSPS) is 27.8. The lowest BCUT2D eigenvalue weighted by atomic mass is 9.88. The highest BCUT2D eigenvalue weighted by atomic mass is 16.2. The van der Waals surface area contributed by atoms with Gasteiger partial charge in [0.2, 0.25) is 5.91 Å². The molecule has 0 radical (unpaired) electrons. The van der Waals surface area contributed by atoms with Crippen LogP contribution in [0.2, 0.25) is 0 Å². The molecule has 1 aromatic carbocycles. The van der Waals surface area contributed by atoms with Gasteiger partial charge < -0.3 is 10.6 Å². The van der Waals surface area contributed by atoms with Crippen LogP contribution in [-0.4, -0.2) is 18.0 Å². The molecule has 2 aliphatic rings. The highest BCUT2D eigenvalue weighted by Gasteiger charge is 2.42. The number of carbonyl (C=O) groups excluding carboxylic acids is 1. The first kappa shape index (κ1) is 13.6. The number of rotatable bonds is 4. The van der Waals surface area contributed by atoms with Crippen molar-refractivity contribution in [3.8, 4) is 0 Å². The fraction of sp³-hybridized carbons (Fsp3) is 0.588. The van der Waals surface area contributed by atoms with Crippen LogP contribution in [-0.2, 0) is 17.6 Å². The Hall–Kier alpha value is -1.35. The summed E-state index contributed by atoms with van der Waals surface area (Å²) in [5.74, 6) is 0.365. The number of benzene rings is 1. The quantitative estimate of drug-likeness (QED) is 0.885. The number of carbonyl (C=O) groups is 1. The van der Waals surface area contributed by atoms with Gasteiger partial charge in [0.25, 0.3) is 0 Å². The minimum absolute atomic E-state index is 0.156. The van der Waals surface area contributed by atoms with Crippen LogP contribution in [0.15, 0.2) is 18.2 Å². The lowest BCUT2D eigenvalue weighted by Gasteiger charge is -2.21. The van der Waals surface area contributed by atoms with Crippen LogP contribution < -0.4 is 10.6 Å². The zero-order chi connectivity index (χ0) is 14.1. The maximum absolute atomic E-state index is 12.6. The summed E-state index contributed by atoms with van der Waals surface area (Å²) in [4.78, 5) is 12.6. The molecule has 2 aliphatic heterocycles. The maximum atomic E-state index is 12.6. The standard InChI is InChI=1S/C17H24N2O/c1-3-11-6-5-7-12(4-2)16(11)19-17(20)14-10-13-8-9-15(14)18-13/h5-7,13-15,18H,3-4,8-10H2,1-2H3,(H,19,20). The molecule has 0 saturated carbocycles. The number of hydrogen-bond acceptors (Lipinski definition) is 2. The van der Waals surface area contributed by atoms with Gasteiger partial charge in [0, 0.05) is 17.8 Å². The second kappa shape index (κ2) is 5.57. The van der Waals surface area contributed by atoms with Crippen molar-refractivity contribution in [2.24, 2.45) is 5.92 Å². The molecular weight excluding hydrogens is 248 g/mol. The predicted octanol–water partition coefficient (Wildman–Crippen LogP) is 2.89. The third-order valence-electron chi connectivity index (χ3n) is 4.88. The second-order valence-electron chi connectivity index (χ2n) is 6.04. The molecular formula is C17H24N2O. The number of hydrogen-bond donors (Lipinski definition) is 2. The summed E-state index contributed by atoms with van der Waals surface area (Å²) in [5, 5.41) is 6.77. The van der Waals surface area contributed by atoms with Crippen molar-refractivity contribution in [1.29, 1.82) is 0 Å². The molecule has 3 unspecified atom stereocenters. The first-order valence-corrected chi connectivity index (χ1v) is 7.90. The van der Waals surface area contributed by atoms with Gasteiger partial charge in [0.05, 0.1) is 5.92 Å². The third-order valence-corrected chi connectivity index (χ3v) is 4.88. The van der Waals surface area contributed by atoms with Gasteiger partial charge in [-0.1, -0.05) is 32.0 Å². The second-order valence-corrected chi connectivity index (χ2v) is 6.04. The smallest absolute Gasteiger partial charge is 0.229 e. The minimum Gasteiger partial charge on any atom is -0.325 e. The highest BCUT2D eigenvalue weighted by molar-refractivity contribution is 5.95. The number of para-hydroxylation sites is 1. The van der Waals surface area contributed by atoms with Crippen molar-refractivity contribution in [3.05, 3.63) is 29.3 Å². The molecule has 3 atom stereocenters. The minimum atomic E-state index is 0.156. The molecule has 2 heterocycles. The van der Waals surface area contributed by atoms with Crippen LogP contribution in [0.3, 0.4) is 0 Å². The molecule has 3 heteroatoms. The Labute approximate surface area is 121 Å². The number of fused-ring (bicyclic) bond motifs is 2. The molecule has 2 N–H and O–H groups in total. The molecule has 0 spiro atoms. The average molecular weight is 272 g/mol. The lowest BCUT2D eigenvalue weighted by molar-refractivity contribution is -0.120. The summed E-state index contributed by atoms with van der Waals surface area (Å²) in [5.41, 5.74) is 3.55. The first-order chi connectivity index (χ1) is 9.72. The SMILES string of the molecule is CCc1cccc(CC)c1NC(=O)C1CC2CCC1N2. The van der Waals surface area contributed by atoms with E-state index in [1.165, 1.54) is 17.5 Å². The van der Waals surface area contributed by atoms with E-state index < -0.39 is 0 Å². The van der Waals surface area contributed by atoms with Gasteiger partial charge >= 0.3 is 0 Å². The summed E-state index contributed by atoms with van der Waals surface area (Å²) >= 11 is 0. The highest BCUT2D eigenvalue weighted by Crippen LogP contribution is 2.34. The Bertz CT molecular complexity index is 489. The van der Waals surface area contributed by atoms with Crippen LogP contribution >= 0.6 is 0 Å². The summed E-state index contributed by atoms with van der Waals surface area (Å²) in [6.45, 7) is 4.28. The van der Waals surface area contributed by atoms with Gasteiger partial charge in [0.15, 0.2) is 0 Å². The topological polar surface area (TPSA) is 41.1 Å². The zero-order valence-electron chi connectivity index (χ0n) is 12.4. The molecule has 2 bridgehead atoms. The number of aryl methyl sites for hydroxylation is 2. The monoisotopic (exact) mass is 272 g/mol. The molecule has 1 amide bonds. The van der Waals surface area contributed by atoms with E-state index >= 15 is 0 Å². The van der Waals surface area contributed by atoms with Crippen LogP contribution in [0.25, 0.3) is 0 Å². The number of anilines is 1. The van der Waals surface area contributed by atoms with E-state index in [0.29, 0.717) is 12.1 Å². The van der Waals surface area contributed by atoms with E-state index in [-0.39, 0.29) is 11.8 Å². The molecule has 2 saturated heterocycles. The maximum Gasteiger partial charge on any atom is 0.229 e. The largest absolute Gasteiger partial charge is 0.325 e. The summed E-state index contributed by atoms with van der Waals surface area (Å²) in [6.07, 6.45) is 5.31. The molecule has 20 heavy (non-hydrogen) atoms. The van der Waals surface area contributed by atoms with Gasteiger partial charge in [-0.2, -0.15) is 0 Å². The van der Waals surface area contributed by atoms with Crippen LogP contribution in [0.5, 0.6) is 0 Å². The van der Waals surface area contributed by atoms with Gasteiger partial charge in [-0.15, -0.1) is 0 Å². The summed E-state index contributed by atoms with van der Waals surface area (Å²) in [7, 11) is 0. The number of amides is 1. The van der Waals surface area contributed by atoms with Crippen molar-refractivity contribution in [2.45, 2.75) is 58.0 Å². The van der Waals surface area contributed by atoms with Gasteiger partial charge in [-0.3, -0.25) is 4.79 Å². The van der Waals surface area contributed by atoms with Crippen molar-refractivity contribution in [2.75, 3.05) is 5.32 Å². The summed E-state index contributed by atoms with van der Waals surface area (Å²) < 4.78 is 0. The third kappa shape index (κ3) is 2.35. The van der Waals surface area contributed by atoms with Gasteiger partial charge in [-0.05, 0) is 43.2 Å². The van der Waals surface area contributed by atoms with Crippen LogP contribution in [0.4, 0.5) is 5.69 Å². The van der Waals surface area contributed by atoms with Crippen LogP contribution in [0, 0.1) is 5.92 Å². The molecule has 3 rings (SSSR count). The predicted molar refractivity (Wildman–Crippen MR) is 81.9 cm³/mol. The van der Waals surface area contributed by atoms with E-state index in [9.17, 15) is 4.79 Å². The molecule has 1 aromatic rings. The molecule has 3 nitrogen and oxygen atoms in total. The van der Waals surface area contributed by atoms with E-state index in [0.717, 1.165) is 31.4 Å². The fourth-order valence-corrected chi connectivity index (χ4v) is 3.73. The molecule has 2 fully saturated rings. The van der Waals surface area contributed by atoms with Crippen molar-refractivity contribution in [3.63, 3.8) is 0 Å². The van der Waals surface area contributed by atoms with Gasteiger partial charge in [-0.25, -0.2) is 0 Å². The van der Waals surface area contributed by atoms with E-state index in [1.54, 1.807) is 0 Å². The first-order valence-electron chi connectivity index (χ1n) is 7.90. The average Bonchev–Trinajstić information content (AvgIpc) is 3.10. The Kier molecular flexibility index (Phi) is 3.79. The lowest BCUT2D eigenvalue weighted by Crippen LogP contribution is -2.33. The Morgan fingerprint density at radius 3 is 2.45 bits per heavy atom. The van der Waals surface area contributed by atoms with Crippen molar-refractivity contribution >= 4 is 11.6 Å². The van der Waals surface area contributed by atoms with Crippen LogP contribution in [0.1, 0.15) is 44.2 Å². The van der Waals surface area contributed by atoms with Crippen molar-refractivity contribution in [1.82, 2.24) is 5.32 Å². The fourth-order valence-electron chi connectivity index (χ4n) is 3.73. The van der Waals surface area contributed by atoms with E-state index in [1.807, 2.05) is 0 Å². The Morgan fingerprint density at radius 2 is 1.95 bits per heavy atom. The Balaban J connectivity index is 1.79. The zero-order valence-corrected chi connectivity index (χ0v) is 12.4. The molecule has 108 valence electrons. The Morgan fingerprint density at radius 1 is 1.25 bits per heavy atom.